The fourth-order valence-electron chi connectivity index (χ4n) is 5.51. The van der Waals surface area contributed by atoms with Crippen molar-refractivity contribution in [3.8, 4) is 5.75 Å². The van der Waals surface area contributed by atoms with Crippen LogP contribution in [0, 0.1) is 13.8 Å². The highest BCUT2D eigenvalue weighted by molar-refractivity contribution is 7.82. The molecule has 43 heavy (non-hydrogen) atoms. The lowest BCUT2D eigenvalue weighted by molar-refractivity contribution is -0.138. The molecule has 1 aliphatic rings. The van der Waals surface area contributed by atoms with Gasteiger partial charge in [-0.25, -0.2) is 14.4 Å². The molecule has 0 saturated heterocycles. The third-order valence-electron chi connectivity index (χ3n) is 8.01. The molecule has 0 spiro atoms. The summed E-state index contributed by atoms with van der Waals surface area (Å²) in [5.74, 6) is 4.97. The number of ether oxygens (including phenoxy) is 1. The number of carbonyl (C=O) groups is 1. The second-order valence-electron chi connectivity index (χ2n) is 10.7. The molecule has 0 saturated carbocycles. The van der Waals surface area contributed by atoms with Crippen LogP contribution >= 0.6 is 0 Å². The number of alkyl halides is 3. The zero-order valence-electron chi connectivity index (χ0n) is 24.6. The number of anilines is 2. The van der Waals surface area contributed by atoms with Crippen LogP contribution in [0.15, 0.2) is 47.4 Å². The lowest BCUT2D eigenvalue weighted by Crippen LogP contribution is -2.32. The average Bonchev–Trinajstić information content (AvgIpc) is 3.11. The highest BCUT2D eigenvalue weighted by Gasteiger charge is 2.33. The van der Waals surface area contributed by atoms with Crippen LogP contribution in [-0.2, 0) is 34.9 Å². The van der Waals surface area contributed by atoms with Crippen molar-refractivity contribution in [1.82, 2.24) is 4.31 Å². The summed E-state index contributed by atoms with van der Waals surface area (Å²) in [6, 6.07) is 10.8. The first-order valence-electron chi connectivity index (χ1n) is 13.9. The fourth-order valence-corrected chi connectivity index (χ4v) is 6.96. The molecule has 0 bridgehead atoms. The number of nitrogens with two attached hydrogens (primary N) is 2. The number of nitrogens with zero attached hydrogens (tertiary/aromatic N) is 2. The standard InChI is InChI=1S/C31H37F3N4O4S/c1-5-38(36)30-26(42-4)15-24(19(3)29(30)35)25(16-28(39)40)21-9-8-18(2)22(13-21)17-37-12-6-7-20-10-11-23(31(32,33)34)14-27(20)43(37)41/h8-11,13-15,25H,5-7,12,16-17,35-36H2,1-4H3,(H,39,40). The molecular weight excluding hydrogens is 581 g/mol. The van der Waals surface area contributed by atoms with Gasteiger partial charge >= 0.3 is 12.1 Å². The topological polar surface area (TPSA) is 122 Å². The van der Waals surface area contributed by atoms with Crippen LogP contribution in [-0.4, -0.2) is 39.8 Å². The number of hydrogen-bond donors (Lipinski definition) is 3. The molecule has 5 N–H and O–H groups in total. The molecule has 2 atom stereocenters. The van der Waals surface area contributed by atoms with Crippen molar-refractivity contribution in [1.29, 1.82) is 0 Å². The Morgan fingerprint density at radius 2 is 1.91 bits per heavy atom. The van der Waals surface area contributed by atoms with Gasteiger partial charge in [-0.1, -0.05) is 24.3 Å². The first kappa shape index (κ1) is 32.3. The molecule has 232 valence electrons. The minimum Gasteiger partial charge on any atom is -0.494 e. The number of rotatable bonds is 9. The van der Waals surface area contributed by atoms with Crippen LogP contribution in [0.3, 0.4) is 0 Å². The molecule has 0 radical (unpaired) electrons. The zero-order chi connectivity index (χ0) is 31.6. The van der Waals surface area contributed by atoms with Crippen LogP contribution in [0.4, 0.5) is 24.5 Å². The molecule has 0 amide bonds. The quantitative estimate of drug-likeness (QED) is 0.160. The van der Waals surface area contributed by atoms with Crippen molar-refractivity contribution in [2.24, 2.45) is 5.84 Å². The molecule has 2 unspecified atom stereocenters. The predicted octanol–water partition coefficient (Wildman–Crippen LogP) is 5.69. The molecule has 3 aromatic rings. The number of aryl methyl sites for hydroxylation is 2. The fraction of sp³-hybridized carbons (Fsp3) is 0.387. The highest BCUT2D eigenvalue weighted by atomic mass is 32.2. The zero-order valence-corrected chi connectivity index (χ0v) is 25.4. The summed E-state index contributed by atoms with van der Waals surface area (Å²) in [6.07, 6.45) is -3.62. The Hall–Kier alpha value is -3.61. The van der Waals surface area contributed by atoms with Gasteiger partial charge in [0.05, 0.1) is 29.7 Å². The average molecular weight is 619 g/mol. The molecule has 1 heterocycles. The van der Waals surface area contributed by atoms with Gasteiger partial charge in [0.25, 0.3) is 0 Å². The van der Waals surface area contributed by atoms with E-state index in [0.717, 1.165) is 23.3 Å². The van der Waals surface area contributed by atoms with E-state index in [1.807, 2.05) is 39.0 Å². The van der Waals surface area contributed by atoms with E-state index < -0.39 is 34.6 Å². The van der Waals surface area contributed by atoms with Gasteiger partial charge in [-0.3, -0.25) is 4.79 Å². The second-order valence-corrected chi connectivity index (χ2v) is 12.2. The van der Waals surface area contributed by atoms with Gasteiger partial charge in [0, 0.05) is 25.6 Å². The predicted molar refractivity (Wildman–Crippen MR) is 161 cm³/mol. The summed E-state index contributed by atoms with van der Waals surface area (Å²) in [6.45, 7) is 6.68. The van der Waals surface area contributed by atoms with E-state index in [4.69, 9.17) is 16.3 Å². The third kappa shape index (κ3) is 6.81. The summed E-state index contributed by atoms with van der Waals surface area (Å²) in [4.78, 5) is 12.2. The van der Waals surface area contributed by atoms with Crippen molar-refractivity contribution in [2.75, 3.05) is 30.9 Å². The van der Waals surface area contributed by atoms with Gasteiger partial charge in [-0.05, 0) is 85.2 Å². The molecule has 4 rings (SSSR count). The number of aliphatic carboxylic acids is 1. The number of hydrazine groups is 1. The van der Waals surface area contributed by atoms with Crippen molar-refractivity contribution >= 4 is 28.3 Å². The second kappa shape index (κ2) is 12.9. The third-order valence-corrected chi connectivity index (χ3v) is 9.54. The molecule has 0 fully saturated rings. The molecule has 1 aliphatic heterocycles. The number of carboxylic acid groups (broad SMARTS) is 1. The SMILES string of the molecule is CCN(N)c1c(OC)cc(C(CC(=O)O)c2ccc(C)c(CN3CCCc4ccc(C(F)(F)F)cc4S3=O)c2)c(C)c1N. The highest BCUT2D eigenvalue weighted by Crippen LogP contribution is 2.43. The van der Waals surface area contributed by atoms with Crippen molar-refractivity contribution in [2.45, 2.75) is 63.6 Å². The lowest BCUT2D eigenvalue weighted by Gasteiger charge is -2.27. The Balaban J connectivity index is 1.75. The van der Waals surface area contributed by atoms with E-state index >= 15 is 0 Å². The Bertz CT molecular complexity index is 1550. The number of nitrogen functional groups attached to an aromatic ring is 1. The summed E-state index contributed by atoms with van der Waals surface area (Å²) in [7, 11) is -0.322. The van der Waals surface area contributed by atoms with Crippen molar-refractivity contribution in [3.05, 3.63) is 81.4 Å². The molecule has 12 heteroatoms. The smallest absolute Gasteiger partial charge is 0.416 e. The van der Waals surface area contributed by atoms with E-state index in [9.17, 15) is 27.3 Å². The summed E-state index contributed by atoms with van der Waals surface area (Å²) in [5.41, 5.74) is 11.0. The van der Waals surface area contributed by atoms with Crippen molar-refractivity contribution < 1.29 is 32.0 Å². The molecule has 8 nitrogen and oxygen atoms in total. The van der Waals surface area contributed by atoms with Gasteiger partial charge < -0.3 is 20.6 Å². The molecule has 3 aromatic carbocycles. The van der Waals surface area contributed by atoms with Crippen LogP contribution in [0.2, 0.25) is 0 Å². The van der Waals surface area contributed by atoms with Gasteiger partial charge in [-0.15, -0.1) is 0 Å². The lowest BCUT2D eigenvalue weighted by atomic mass is 9.83. The number of methoxy groups -OCH3 is 1. The maximum atomic E-state index is 13.6. The summed E-state index contributed by atoms with van der Waals surface area (Å²) in [5, 5.41) is 11.3. The molecule has 0 aromatic heterocycles. The van der Waals surface area contributed by atoms with Gasteiger partial charge in [-0.2, -0.15) is 13.2 Å². The van der Waals surface area contributed by atoms with Crippen LogP contribution in [0.1, 0.15) is 64.6 Å². The Kier molecular flexibility index (Phi) is 9.73. The maximum absolute atomic E-state index is 13.6. The Morgan fingerprint density at radius 3 is 2.53 bits per heavy atom. The first-order chi connectivity index (χ1) is 20.3. The summed E-state index contributed by atoms with van der Waals surface area (Å²) >= 11 is 0. The monoisotopic (exact) mass is 618 g/mol. The number of hydrogen-bond acceptors (Lipinski definition) is 6. The minimum absolute atomic E-state index is 0.171. The minimum atomic E-state index is -4.54. The van der Waals surface area contributed by atoms with Crippen LogP contribution < -0.4 is 21.3 Å². The maximum Gasteiger partial charge on any atom is 0.416 e. The van der Waals surface area contributed by atoms with Crippen LogP contribution in [0.25, 0.3) is 0 Å². The first-order valence-corrected chi connectivity index (χ1v) is 15.0. The van der Waals surface area contributed by atoms with E-state index in [-0.39, 0.29) is 17.9 Å². The van der Waals surface area contributed by atoms with Gasteiger partial charge in [0.1, 0.15) is 22.4 Å². The Labute approximate surface area is 252 Å². The number of fused-ring (bicyclic) bond motifs is 1. The number of benzene rings is 3. The van der Waals surface area contributed by atoms with E-state index in [2.05, 4.69) is 0 Å². The normalized spacial score (nSPS) is 16.3. The van der Waals surface area contributed by atoms with E-state index in [1.165, 1.54) is 18.2 Å². The van der Waals surface area contributed by atoms with Crippen LogP contribution in [0.5, 0.6) is 5.75 Å². The van der Waals surface area contributed by atoms with E-state index in [1.54, 1.807) is 10.4 Å². The van der Waals surface area contributed by atoms with E-state index in [0.29, 0.717) is 65.3 Å². The molecular formula is C31H37F3N4O4S. The Morgan fingerprint density at radius 1 is 1.19 bits per heavy atom. The number of carboxylic acids is 1. The largest absolute Gasteiger partial charge is 0.494 e. The van der Waals surface area contributed by atoms with Gasteiger partial charge in [0.15, 0.2) is 0 Å². The van der Waals surface area contributed by atoms with Gasteiger partial charge in [0.2, 0.25) is 0 Å². The number of halogens is 3. The summed E-state index contributed by atoms with van der Waals surface area (Å²) < 4.78 is 61.2. The van der Waals surface area contributed by atoms with Crippen molar-refractivity contribution in [3.63, 3.8) is 0 Å². The molecule has 0 aliphatic carbocycles.